The van der Waals surface area contributed by atoms with Gasteiger partial charge >= 0.3 is 5.97 Å². The van der Waals surface area contributed by atoms with E-state index in [2.05, 4.69) is 10.3 Å². The van der Waals surface area contributed by atoms with Gasteiger partial charge in [0.1, 0.15) is 6.54 Å². The summed E-state index contributed by atoms with van der Waals surface area (Å²) in [7, 11) is 0. The molecule has 1 saturated carbocycles. The minimum Gasteiger partial charge on any atom is -0.476 e. The van der Waals surface area contributed by atoms with Crippen molar-refractivity contribution in [1.82, 2.24) is 19.9 Å². The highest BCUT2D eigenvalue weighted by Gasteiger charge is 2.34. The zero-order valence-electron chi connectivity index (χ0n) is 9.87. The van der Waals surface area contributed by atoms with Crippen molar-refractivity contribution in [2.45, 2.75) is 31.7 Å². The molecule has 2 heterocycles. The summed E-state index contributed by atoms with van der Waals surface area (Å²) in [6, 6.07) is 0. The first-order valence-corrected chi connectivity index (χ1v) is 6.11. The predicted octanol–water partition coefficient (Wildman–Crippen LogP) is 0.0860. The van der Waals surface area contributed by atoms with E-state index >= 15 is 0 Å². The maximum atomic E-state index is 11.9. The minimum absolute atomic E-state index is 0.00564. The van der Waals surface area contributed by atoms with Gasteiger partial charge in [-0.05, 0) is 19.3 Å². The summed E-state index contributed by atoms with van der Waals surface area (Å²) >= 11 is 0. The fraction of sp³-hybridized carbons (Fsp3) is 0.636. The van der Waals surface area contributed by atoms with Crippen LogP contribution in [0.3, 0.4) is 0 Å². The first-order valence-electron chi connectivity index (χ1n) is 6.11. The molecule has 0 radical (unpaired) electrons. The van der Waals surface area contributed by atoms with E-state index < -0.39 is 5.97 Å². The van der Waals surface area contributed by atoms with Gasteiger partial charge in [0, 0.05) is 19.0 Å². The lowest BCUT2D eigenvalue weighted by molar-refractivity contribution is -0.135. The van der Waals surface area contributed by atoms with Gasteiger partial charge in [0.15, 0.2) is 5.69 Å². The smallest absolute Gasteiger partial charge is 0.358 e. The summed E-state index contributed by atoms with van der Waals surface area (Å²) in [5.74, 6) is -0.875. The number of aromatic carboxylic acids is 1. The molecule has 1 amide bonds. The van der Waals surface area contributed by atoms with E-state index in [-0.39, 0.29) is 24.1 Å². The van der Waals surface area contributed by atoms with Crippen molar-refractivity contribution in [3.63, 3.8) is 0 Å². The fourth-order valence-corrected chi connectivity index (χ4v) is 2.14. The lowest BCUT2D eigenvalue weighted by Gasteiger charge is -2.30. The molecule has 1 aromatic rings. The Kier molecular flexibility index (Phi) is 2.53. The highest BCUT2D eigenvalue weighted by molar-refractivity contribution is 5.87. The van der Waals surface area contributed by atoms with Gasteiger partial charge in [-0.1, -0.05) is 5.21 Å². The zero-order valence-corrected chi connectivity index (χ0v) is 9.87. The Labute approximate surface area is 103 Å². The number of rotatable bonds is 4. The number of carbonyl (C=O) groups excluding carboxylic acids is 1. The van der Waals surface area contributed by atoms with Crippen LogP contribution in [0.25, 0.3) is 0 Å². The molecule has 1 N–H and O–H groups in total. The Morgan fingerprint density at radius 1 is 1.33 bits per heavy atom. The van der Waals surface area contributed by atoms with Crippen LogP contribution in [0.4, 0.5) is 0 Å². The van der Waals surface area contributed by atoms with E-state index in [9.17, 15) is 9.59 Å². The summed E-state index contributed by atoms with van der Waals surface area (Å²) < 4.78 is 1.46. The summed E-state index contributed by atoms with van der Waals surface area (Å²) in [5, 5.41) is 16.5. The third kappa shape index (κ3) is 1.85. The van der Waals surface area contributed by atoms with Gasteiger partial charge in [-0.2, -0.15) is 0 Å². The first-order chi connectivity index (χ1) is 8.66. The van der Waals surface area contributed by atoms with Crippen LogP contribution in [0.2, 0.25) is 0 Å². The molecule has 3 rings (SSSR count). The van der Waals surface area contributed by atoms with Crippen LogP contribution in [-0.2, 0) is 11.3 Å². The second-order valence-electron chi connectivity index (χ2n) is 4.79. The third-order valence-electron chi connectivity index (χ3n) is 3.43. The van der Waals surface area contributed by atoms with E-state index in [4.69, 9.17) is 5.11 Å². The van der Waals surface area contributed by atoms with Gasteiger partial charge in [0.2, 0.25) is 5.91 Å². The van der Waals surface area contributed by atoms with Crippen LogP contribution in [-0.4, -0.2) is 50.0 Å². The van der Waals surface area contributed by atoms with Crippen LogP contribution in [0.5, 0.6) is 0 Å². The summed E-state index contributed by atoms with van der Waals surface area (Å²) in [6.07, 6.45) is 2.94. The Morgan fingerprint density at radius 2 is 2.06 bits per heavy atom. The average Bonchev–Trinajstić information content (AvgIpc) is 2.97. The van der Waals surface area contributed by atoms with Gasteiger partial charge < -0.3 is 10.0 Å². The number of carbonyl (C=O) groups is 2. The van der Waals surface area contributed by atoms with Crippen molar-refractivity contribution < 1.29 is 14.7 Å². The molecule has 1 aromatic heterocycles. The van der Waals surface area contributed by atoms with Crippen molar-refractivity contribution >= 4 is 11.9 Å². The van der Waals surface area contributed by atoms with Gasteiger partial charge in [0.05, 0.1) is 5.69 Å². The topological polar surface area (TPSA) is 88.3 Å². The van der Waals surface area contributed by atoms with Crippen LogP contribution < -0.4 is 0 Å². The fourth-order valence-electron chi connectivity index (χ4n) is 2.14. The Balaban J connectivity index is 1.82. The molecule has 2 aliphatic rings. The molecule has 1 aliphatic heterocycles. The number of carboxylic acid groups (broad SMARTS) is 1. The largest absolute Gasteiger partial charge is 0.476 e. The number of nitrogens with zero attached hydrogens (tertiary/aromatic N) is 4. The lowest BCUT2D eigenvalue weighted by atomic mass is 10.2. The number of carboxylic acids is 1. The molecule has 18 heavy (non-hydrogen) atoms. The maximum absolute atomic E-state index is 11.9. The second-order valence-corrected chi connectivity index (χ2v) is 4.79. The molecule has 7 heteroatoms. The molecular formula is C11H14N4O3. The quantitative estimate of drug-likeness (QED) is 0.817. The average molecular weight is 250 g/mol. The van der Waals surface area contributed by atoms with Crippen molar-refractivity contribution in [3.8, 4) is 0 Å². The van der Waals surface area contributed by atoms with Crippen molar-refractivity contribution in [2.75, 3.05) is 13.1 Å². The molecule has 0 aromatic carbocycles. The molecular weight excluding hydrogens is 236 g/mol. The SMILES string of the molecule is O=C(O)c1nnn(CC(=O)N2CCC2)c1C1CC1. The molecule has 1 saturated heterocycles. The molecule has 0 atom stereocenters. The predicted molar refractivity (Wildman–Crippen MR) is 60.2 cm³/mol. The highest BCUT2D eigenvalue weighted by atomic mass is 16.4. The lowest BCUT2D eigenvalue weighted by Crippen LogP contribution is -2.44. The Hall–Kier alpha value is -1.92. The van der Waals surface area contributed by atoms with Gasteiger partial charge in [-0.3, -0.25) is 4.79 Å². The first kappa shape index (κ1) is 11.2. The van der Waals surface area contributed by atoms with E-state index in [1.165, 1.54) is 4.68 Å². The van der Waals surface area contributed by atoms with Crippen LogP contribution >= 0.6 is 0 Å². The summed E-state index contributed by atoms with van der Waals surface area (Å²) in [6.45, 7) is 1.68. The van der Waals surface area contributed by atoms with Crippen LogP contribution in [0, 0.1) is 0 Å². The van der Waals surface area contributed by atoms with E-state index in [0.29, 0.717) is 5.69 Å². The normalized spacial score (nSPS) is 18.6. The minimum atomic E-state index is -1.07. The Bertz CT molecular complexity index is 502. The van der Waals surface area contributed by atoms with Crippen LogP contribution in [0.15, 0.2) is 0 Å². The molecule has 1 aliphatic carbocycles. The number of amides is 1. The van der Waals surface area contributed by atoms with E-state index in [0.717, 1.165) is 32.4 Å². The standard InChI is InChI=1S/C11H14N4O3/c16-8(14-4-1-5-14)6-15-10(7-2-3-7)9(11(17)18)12-13-15/h7H,1-6H2,(H,17,18). The number of aromatic nitrogens is 3. The summed E-state index contributed by atoms with van der Waals surface area (Å²) in [4.78, 5) is 24.7. The summed E-state index contributed by atoms with van der Waals surface area (Å²) in [5.41, 5.74) is 0.602. The molecule has 2 fully saturated rings. The number of likely N-dealkylation sites (tertiary alicyclic amines) is 1. The van der Waals surface area contributed by atoms with E-state index in [1.807, 2.05) is 0 Å². The Morgan fingerprint density at radius 3 is 2.56 bits per heavy atom. The zero-order chi connectivity index (χ0) is 12.7. The maximum Gasteiger partial charge on any atom is 0.358 e. The molecule has 0 bridgehead atoms. The molecule has 96 valence electrons. The van der Waals surface area contributed by atoms with Gasteiger partial charge in [-0.15, -0.1) is 5.10 Å². The van der Waals surface area contributed by atoms with Crippen molar-refractivity contribution in [1.29, 1.82) is 0 Å². The molecule has 7 nitrogen and oxygen atoms in total. The number of hydrogen-bond acceptors (Lipinski definition) is 4. The highest BCUT2D eigenvalue weighted by Crippen LogP contribution is 2.41. The molecule has 0 unspecified atom stereocenters. The van der Waals surface area contributed by atoms with Crippen LogP contribution in [0.1, 0.15) is 41.4 Å². The second kappa shape index (κ2) is 4.08. The molecule has 0 spiro atoms. The van der Waals surface area contributed by atoms with Crippen molar-refractivity contribution in [3.05, 3.63) is 11.4 Å². The van der Waals surface area contributed by atoms with Gasteiger partial charge in [-0.25, -0.2) is 9.48 Å². The monoisotopic (exact) mass is 250 g/mol. The van der Waals surface area contributed by atoms with Crippen molar-refractivity contribution in [2.24, 2.45) is 0 Å². The van der Waals surface area contributed by atoms with Gasteiger partial charge in [0.25, 0.3) is 0 Å². The van der Waals surface area contributed by atoms with E-state index in [1.54, 1.807) is 4.90 Å². The number of hydrogen-bond donors (Lipinski definition) is 1. The third-order valence-corrected chi connectivity index (χ3v) is 3.43.